The second-order valence-electron chi connectivity index (χ2n) is 6.02. The van der Waals surface area contributed by atoms with Gasteiger partial charge in [-0.2, -0.15) is 0 Å². The number of aromatic nitrogens is 3. The van der Waals surface area contributed by atoms with E-state index < -0.39 is 12.0 Å². The van der Waals surface area contributed by atoms with Crippen LogP contribution in [0.3, 0.4) is 0 Å². The molecule has 0 spiro atoms. The maximum atomic E-state index is 12.5. The zero-order valence-electron chi connectivity index (χ0n) is 13.7. The van der Waals surface area contributed by atoms with Crippen LogP contribution in [0.4, 0.5) is 0 Å². The van der Waals surface area contributed by atoms with Crippen molar-refractivity contribution in [1.29, 1.82) is 0 Å². The number of aliphatic carboxylic acids is 1. The van der Waals surface area contributed by atoms with Crippen molar-refractivity contribution in [2.75, 3.05) is 0 Å². The summed E-state index contributed by atoms with van der Waals surface area (Å²) in [6.07, 6.45) is 1.90. The number of thiophene rings is 1. The van der Waals surface area contributed by atoms with Crippen LogP contribution in [-0.2, 0) is 29.1 Å². The Hall–Kier alpha value is -2.22. The van der Waals surface area contributed by atoms with Gasteiger partial charge in [0.15, 0.2) is 5.82 Å². The molecule has 1 unspecified atom stereocenters. The minimum absolute atomic E-state index is 0.136. The molecule has 2 aromatic heterocycles. The summed E-state index contributed by atoms with van der Waals surface area (Å²) >= 11 is 1.73. The van der Waals surface area contributed by atoms with Crippen molar-refractivity contribution in [3.05, 3.63) is 33.5 Å². The highest BCUT2D eigenvalue weighted by Gasteiger charge is 2.35. The Morgan fingerprint density at radius 3 is 2.79 bits per heavy atom. The van der Waals surface area contributed by atoms with E-state index in [1.165, 1.54) is 14.7 Å². The van der Waals surface area contributed by atoms with Crippen molar-refractivity contribution in [3.63, 3.8) is 0 Å². The molecule has 0 radical (unpaired) electrons. The largest absolute Gasteiger partial charge is 0.480 e. The number of fused-ring (bicyclic) bond motifs is 1. The van der Waals surface area contributed by atoms with Gasteiger partial charge < -0.3 is 14.6 Å². The van der Waals surface area contributed by atoms with Crippen molar-refractivity contribution in [1.82, 2.24) is 19.7 Å². The lowest BCUT2D eigenvalue weighted by Crippen LogP contribution is -2.50. The average Bonchev–Trinajstić information content (AvgIpc) is 3.12. The molecule has 1 N–H and O–H groups in total. The van der Waals surface area contributed by atoms with Crippen molar-refractivity contribution < 1.29 is 14.7 Å². The maximum absolute atomic E-state index is 12.5. The summed E-state index contributed by atoms with van der Waals surface area (Å²) in [5.74, 6) is 0.196. The van der Waals surface area contributed by atoms with E-state index in [0.717, 1.165) is 6.42 Å². The summed E-state index contributed by atoms with van der Waals surface area (Å²) in [7, 11) is 0. The van der Waals surface area contributed by atoms with Gasteiger partial charge in [-0.25, -0.2) is 4.79 Å². The third kappa shape index (κ3) is 3.33. The molecular weight excluding hydrogens is 328 g/mol. The lowest BCUT2D eigenvalue weighted by Gasteiger charge is -2.33. The number of carboxylic acid groups (broad SMARTS) is 1. The molecule has 1 aliphatic rings. The number of carboxylic acids is 1. The molecule has 8 heteroatoms. The van der Waals surface area contributed by atoms with Crippen LogP contribution in [0, 0.1) is 13.8 Å². The fourth-order valence-corrected chi connectivity index (χ4v) is 3.90. The van der Waals surface area contributed by atoms with E-state index >= 15 is 0 Å². The van der Waals surface area contributed by atoms with E-state index in [4.69, 9.17) is 0 Å². The molecule has 1 amide bonds. The van der Waals surface area contributed by atoms with Crippen molar-refractivity contribution in [2.45, 2.75) is 52.2 Å². The number of hydrogen-bond donors (Lipinski definition) is 1. The molecule has 2 aromatic rings. The maximum Gasteiger partial charge on any atom is 0.328 e. The molecule has 1 aliphatic heterocycles. The molecule has 3 rings (SSSR count). The van der Waals surface area contributed by atoms with E-state index in [2.05, 4.69) is 29.3 Å². The van der Waals surface area contributed by atoms with Crippen LogP contribution < -0.4 is 0 Å². The van der Waals surface area contributed by atoms with Gasteiger partial charge in [-0.1, -0.05) is 0 Å². The summed E-state index contributed by atoms with van der Waals surface area (Å²) < 4.78 is 1.77. The molecule has 0 aromatic carbocycles. The number of nitrogens with zero attached hydrogens (tertiary/aromatic N) is 4. The predicted octanol–water partition coefficient (Wildman–Crippen LogP) is 1.77. The monoisotopic (exact) mass is 348 g/mol. The predicted molar refractivity (Wildman–Crippen MR) is 88.7 cm³/mol. The molecule has 128 valence electrons. The first-order chi connectivity index (χ1) is 11.5. The van der Waals surface area contributed by atoms with E-state index in [9.17, 15) is 14.7 Å². The van der Waals surface area contributed by atoms with Crippen LogP contribution in [0.25, 0.3) is 0 Å². The first kappa shape index (κ1) is 16.6. The second-order valence-corrected chi connectivity index (χ2v) is 7.39. The Bertz CT molecular complexity index is 767. The molecule has 0 fully saturated rings. The molecule has 0 saturated carbocycles. The number of carbonyl (C=O) groups excluding carboxylic acids is 1. The van der Waals surface area contributed by atoms with Gasteiger partial charge in [0.05, 0.1) is 13.1 Å². The van der Waals surface area contributed by atoms with E-state index in [1.54, 1.807) is 22.8 Å². The Labute approximate surface area is 143 Å². The smallest absolute Gasteiger partial charge is 0.328 e. The molecule has 0 aliphatic carbocycles. The van der Waals surface area contributed by atoms with Crippen LogP contribution in [0.1, 0.15) is 34.2 Å². The van der Waals surface area contributed by atoms with Gasteiger partial charge >= 0.3 is 5.97 Å². The standard InChI is InChI=1S/C16H20N4O3S/c1-10-6-7-12(24-10)4-3-5-15(21)20-9-14-18-17-11(2)19(14)8-13(20)16(22)23/h6-7,13H,3-5,8-9H2,1-2H3,(H,22,23). The minimum Gasteiger partial charge on any atom is -0.480 e. The minimum atomic E-state index is -0.990. The van der Waals surface area contributed by atoms with Gasteiger partial charge in [0.2, 0.25) is 5.91 Å². The van der Waals surface area contributed by atoms with Crippen molar-refractivity contribution in [2.24, 2.45) is 0 Å². The summed E-state index contributed by atoms with van der Waals surface area (Å²) in [4.78, 5) is 28.0. The van der Waals surface area contributed by atoms with Gasteiger partial charge in [0.25, 0.3) is 0 Å². The molecule has 0 bridgehead atoms. The van der Waals surface area contributed by atoms with Gasteiger partial charge in [0, 0.05) is 16.2 Å². The Morgan fingerprint density at radius 2 is 2.12 bits per heavy atom. The molecule has 1 atom stereocenters. The number of carbonyl (C=O) groups is 2. The number of rotatable bonds is 5. The molecule has 24 heavy (non-hydrogen) atoms. The second kappa shape index (κ2) is 6.72. The van der Waals surface area contributed by atoms with Gasteiger partial charge in [-0.05, 0) is 38.8 Å². The number of hydrogen-bond acceptors (Lipinski definition) is 5. The first-order valence-corrected chi connectivity index (χ1v) is 8.73. The highest BCUT2D eigenvalue weighted by molar-refractivity contribution is 7.11. The van der Waals surface area contributed by atoms with E-state index in [-0.39, 0.29) is 19.0 Å². The van der Waals surface area contributed by atoms with Crippen molar-refractivity contribution in [3.8, 4) is 0 Å². The topological polar surface area (TPSA) is 88.3 Å². The van der Waals surface area contributed by atoms with Gasteiger partial charge in [-0.3, -0.25) is 4.79 Å². The lowest BCUT2D eigenvalue weighted by atomic mass is 10.1. The zero-order valence-corrected chi connectivity index (χ0v) is 14.5. The number of aryl methyl sites for hydroxylation is 3. The molecule has 7 nitrogen and oxygen atoms in total. The lowest BCUT2D eigenvalue weighted by molar-refractivity contribution is -0.152. The quantitative estimate of drug-likeness (QED) is 0.890. The summed E-state index contributed by atoms with van der Waals surface area (Å²) in [6.45, 7) is 4.26. The summed E-state index contributed by atoms with van der Waals surface area (Å²) in [6, 6.07) is 3.29. The van der Waals surface area contributed by atoms with Crippen LogP contribution in [-0.4, -0.2) is 42.7 Å². The van der Waals surface area contributed by atoms with Crippen LogP contribution in [0.15, 0.2) is 12.1 Å². The van der Waals surface area contributed by atoms with Crippen LogP contribution in [0.2, 0.25) is 0 Å². The van der Waals surface area contributed by atoms with Gasteiger partial charge in [-0.15, -0.1) is 21.5 Å². The van der Waals surface area contributed by atoms with Crippen LogP contribution in [0.5, 0.6) is 0 Å². The normalized spacial score (nSPS) is 16.9. The van der Waals surface area contributed by atoms with Gasteiger partial charge in [0.1, 0.15) is 11.9 Å². The zero-order chi connectivity index (χ0) is 17.3. The first-order valence-electron chi connectivity index (χ1n) is 7.92. The van der Waals surface area contributed by atoms with E-state index in [0.29, 0.717) is 24.5 Å². The highest BCUT2D eigenvalue weighted by Crippen LogP contribution is 2.21. The SMILES string of the molecule is Cc1ccc(CCCC(=O)N2Cc3nnc(C)n3CC2C(=O)O)s1. The Kier molecular flexibility index (Phi) is 4.66. The van der Waals surface area contributed by atoms with Crippen LogP contribution >= 0.6 is 11.3 Å². The Balaban J connectivity index is 1.65. The third-order valence-electron chi connectivity index (χ3n) is 4.27. The fraction of sp³-hybridized carbons (Fsp3) is 0.500. The average molecular weight is 348 g/mol. The molecule has 0 saturated heterocycles. The number of amides is 1. The Morgan fingerprint density at radius 1 is 1.33 bits per heavy atom. The molecule has 3 heterocycles. The fourth-order valence-electron chi connectivity index (χ4n) is 2.96. The van der Waals surface area contributed by atoms with Crippen molar-refractivity contribution >= 4 is 23.2 Å². The summed E-state index contributed by atoms with van der Waals surface area (Å²) in [5, 5.41) is 17.5. The summed E-state index contributed by atoms with van der Waals surface area (Å²) in [5.41, 5.74) is 0. The van der Waals surface area contributed by atoms with E-state index in [1.807, 2.05) is 0 Å². The highest BCUT2D eigenvalue weighted by atomic mass is 32.1. The third-order valence-corrected chi connectivity index (χ3v) is 5.33. The molecular formula is C16H20N4O3S.